The number of alkyl halides is 1. The van der Waals surface area contributed by atoms with Gasteiger partial charge >= 0.3 is 0 Å². The van der Waals surface area contributed by atoms with Gasteiger partial charge in [-0.1, -0.05) is 37.9 Å². The second-order valence-corrected chi connectivity index (χ2v) is 6.28. The zero-order valence-electron chi connectivity index (χ0n) is 11.6. The van der Waals surface area contributed by atoms with Crippen LogP contribution in [0.1, 0.15) is 19.4 Å². The molecule has 0 saturated carbocycles. The zero-order valence-corrected chi connectivity index (χ0v) is 14.8. The molecule has 0 saturated heterocycles. The van der Waals surface area contributed by atoms with Crippen LogP contribution in [0.5, 0.6) is 0 Å². The molecule has 1 rings (SSSR count). The van der Waals surface area contributed by atoms with Crippen LogP contribution in [-0.2, 0) is 5.33 Å². The van der Waals surface area contributed by atoms with E-state index in [9.17, 15) is 0 Å². The van der Waals surface area contributed by atoms with Gasteiger partial charge in [0.25, 0.3) is 0 Å². The Kier molecular flexibility index (Phi) is 6.67. The lowest BCUT2D eigenvalue weighted by molar-refractivity contribution is 0.373. The number of nitrogens with zero attached hydrogens (tertiary/aromatic N) is 2. The highest BCUT2D eigenvalue weighted by Crippen LogP contribution is 2.28. The van der Waals surface area contributed by atoms with E-state index >= 15 is 0 Å². The molecule has 0 amide bonds. The Morgan fingerprint density at radius 3 is 2.44 bits per heavy atom. The van der Waals surface area contributed by atoms with Crippen LogP contribution in [-0.4, -0.2) is 38.1 Å². The zero-order chi connectivity index (χ0) is 13.7. The Morgan fingerprint density at radius 2 is 1.94 bits per heavy atom. The van der Waals surface area contributed by atoms with Crippen molar-refractivity contribution >= 4 is 37.5 Å². The Labute approximate surface area is 128 Å². The third-order valence-corrected chi connectivity index (χ3v) is 4.10. The van der Waals surface area contributed by atoms with Gasteiger partial charge in [0.2, 0.25) is 0 Å². The maximum atomic E-state index is 3.58. The Bertz CT molecular complexity index is 380. The quantitative estimate of drug-likeness (QED) is 0.688. The van der Waals surface area contributed by atoms with Crippen LogP contribution >= 0.6 is 31.9 Å². The van der Waals surface area contributed by atoms with Crippen molar-refractivity contribution in [1.29, 1.82) is 0 Å². The Balaban J connectivity index is 3.03. The average molecular weight is 378 g/mol. The van der Waals surface area contributed by atoms with Crippen molar-refractivity contribution in [2.24, 2.45) is 0 Å². The normalized spacial score (nSPS) is 12.8. The van der Waals surface area contributed by atoms with Crippen molar-refractivity contribution in [3.63, 3.8) is 0 Å². The van der Waals surface area contributed by atoms with Gasteiger partial charge in [-0.15, -0.1) is 0 Å². The molecule has 0 bridgehead atoms. The van der Waals surface area contributed by atoms with Gasteiger partial charge < -0.3 is 9.80 Å². The predicted molar refractivity (Wildman–Crippen MR) is 87.8 cm³/mol. The molecule has 1 atom stereocenters. The van der Waals surface area contributed by atoms with Crippen molar-refractivity contribution in [3.8, 4) is 0 Å². The number of likely N-dealkylation sites (N-methyl/N-ethyl adjacent to an activating group) is 2. The Hall–Kier alpha value is -0.0600. The molecule has 1 aromatic carbocycles. The molecule has 1 aromatic rings. The van der Waals surface area contributed by atoms with Crippen molar-refractivity contribution in [1.82, 2.24) is 4.90 Å². The average Bonchev–Trinajstić information content (AvgIpc) is 2.29. The lowest BCUT2D eigenvalue weighted by Gasteiger charge is -2.33. The van der Waals surface area contributed by atoms with Crippen LogP contribution in [0, 0.1) is 0 Å². The minimum atomic E-state index is 0.497. The number of hydrogen-bond donors (Lipinski definition) is 0. The summed E-state index contributed by atoms with van der Waals surface area (Å²) < 4.78 is 1.14. The maximum absolute atomic E-state index is 3.58. The summed E-state index contributed by atoms with van der Waals surface area (Å²) in [7, 11) is 4.24. The molecule has 0 aliphatic rings. The van der Waals surface area contributed by atoms with E-state index in [4.69, 9.17) is 0 Å². The number of hydrogen-bond acceptors (Lipinski definition) is 2. The lowest BCUT2D eigenvalue weighted by Crippen LogP contribution is -2.40. The number of halogens is 2. The van der Waals surface area contributed by atoms with Crippen LogP contribution in [0.3, 0.4) is 0 Å². The van der Waals surface area contributed by atoms with E-state index in [1.54, 1.807) is 0 Å². The molecule has 0 aromatic heterocycles. The van der Waals surface area contributed by atoms with Crippen LogP contribution in [0.15, 0.2) is 22.7 Å². The topological polar surface area (TPSA) is 6.48 Å². The van der Waals surface area contributed by atoms with E-state index < -0.39 is 0 Å². The Morgan fingerprint density at radius 1 is 1.28 bits per heavy atom. The molecular weight excluding hydrogens is 356 g/mol. The maximum Gasteiger partial charge on any atom is 0.0421 e. The fourth-order valence-corrected chi connectivity index (χ4v) is 3.09. The van der Waals surface area contributed by atoms with Crippen LogP contribution in [0.2, 0.25) is 0 Å². The van der Waals surface area contributed by atoms with Gasteiger partial charge in [0, 0.05) is 34.6 Å². The minimum absolute atomic E-state index is 0.497. The predicted octanol–water partition coefficient (Wildman–Crippen LogP) is 4.12. The molecule has 1 unspecified atom stereocenters. The second kappa shape index (κ2) is 7.51. The summed E-state index contributed by atoms with van der Waals surface area (Å²) in [5, 5.41) is 0.890. The van der Waals surface area contributed by atoms with Gasteiger partial charge in [0.05, 0.1) is 0 Å². The van der Waals surface area contributed by atoms with Gasteiger partial charge in [-0.3, -0.25) is 0 Å². The lowest BCUT2D eigenvalue weighted by atomic mass is 10.1. The summed E-state index contributed by atoms with van der Waals surface area (Å²) in [6, 6.07) is 6.99. The summed E-state index contributed by atoms with van der Waals surface area (Å²) in [6.07, 6.45) is 0. The van der Waals surface area contributed by atoms with Gasteiger partial charge in [0.1, 0.15) is 0 Å². The van der Waals surface area contributed by atoms with E-state index in [1.807, 2.05) is 0 Å². The fourth-order valence-electron chi connectivity index (χ4n) is 2.26. The van der Waals surface area contributed by atoms with Gasteiger partial charge in [0.15, 0.2) is 0 Å². The first-order valence-corrected chi connectivity index (χ1v) is 8.16. The molecule has 4 heteroatoms. The van der Waals surface area contributed by atoms with E-state index in [1.165, 1.54) is 11.3 Å². The summed E-state index contributed by atoms with van der Waals surface area (Å²) in [5.74, 6) is 0. The molecule has 0 aliphatic carbocycles. The second-order valence-electron chi connectivity index (χ2n) is 4.80. The van der Waals surface area contributed by atoms with Crippen LogP contribution in [0.25, 0.3) is 0 Å². The third kappa shape index (κ3) is 4.25. The highest BCUT2D eigenvalue weighted by molar-refractivity contribution is 9.10. The molecule has 0 spiro atoms. The van der Waals surface area contributed by atoms with E-state index in [0.717, 1.165) is 22.9 Å². The molecule has 0 fully saturated rings. The number of anilines is 1. The van der Waals surface area contributed by atoms with Gasteiger partial charge in [-0.25, -0.2) is 0 Å². The van der Waals surface area contributed by atoms with Crippen molar-refractivity contribution < 1.29 is 0 Å². The van der Waals surface area contributed by atoms with Crippen molar-refractivity contribution in [3.05, 3.63) is 28.2 Å². The van der Waals surface area contributed by atoms with Crippen molar-refractivity contribution in [2.75, 3.05) is 32.1 Å². The summed E-state index contributed by atoms with van der Waals surface area (Å²) in [6.45, 7) is 6.57. The standard InChI is InChI=1S/C14H22Br2N2/c1-5-18(11(2)10-17(3)4)14-8-13(16)7-6-12(14)9-15/h6-8,11H,5,9-10H2,1-4H3. The summed E-state index contributed by atoms with van der Waals surface area (Å²) >= 11 is 7.15. The first kappa shape index (κ1) is 16.0. The molecule has 102 valence electrons. The highest BCUT2D eigenvalue weighted by Gasteiger charge is 2.16. The SMILES string of the molecule is CCN(c1cc(Br)ccc1CBr)C(C)CN(C)C. The first-order valence-electron chi connectivity index (χ1n) is 6.25. The van der Waals surface area contributed by atoms with E-state index in [2.05, 4.69) is 87.8 Å². The van der Waals surface area contributed by atoms with E-state index in [0.29, 0.717) is 6.04 Å². The molecule has 2 nitrogen and oxygen atoms in total. The molecule has 0 N–H and O–H groups in total. The van der Waals surface area contributed by atoms with Gasteiger partial charge in [-0.05, 0) is 45.6 Å². The molecule has 0 radical (unpaired) electrons. The van der Waals surface area contributed by atoms with Gasteiger partial charge in [-0.2, -0.15) is 0 Å². The first-order chi connectivity index (χ1) is 8.49. The largest absolute Gasteiger partial charge is 0.368 e. The smallest absolute Gasteiger partial charge is 0.0421 e. The number of benzene rings is 1. The molecule has 0 heterocycles. The minimum Gasteiger partial charge on any atom is -0.368 e. The van der Waals surface area contributed by atoms with Crippen molar-refractivity contribution in [2.45, 2.75) is 25.2 Å². The molecular formula is C14H22Br2N2. The molecule has 0 aliphatic heterocycles. The summed E-state index contributed by atoms with van der Waals surface area (Å²) in [4.78, 5) is 4.69. The van der Waals surface area contributed by atoms with Crippen LogP contribution in [0.4, 0.5) is 5.69 Å². The third-order valence-electron chi connectivity index (χ3n) is 3.00. The summed E-state index contributed by atoms with van der Waals surface area (Å²) in [5.41, 5.74) is 2.66. The number of rotatable bonds is 6. The van der Waals surface area contributed by atoms with Crippen LogP contribution < -0.4 is 4.90 Å². The molecule has 18 heavy (non-hydrogen) atoms. The van der Waals surface area contributed by atoms with E-state index in [-0.39, 0.29) is 0 Å². The fraction of sp³-hybridized carbons (Fsp3) is 0.571. The monoisotopic (exact) mass is 376 g/mol. The highest BCUT2D eigenvalue weighted by atomic mass is 79.9.